The van der Waals surface area contributed by atoms with Gasteiger partial charge in [0.2, 0.25) is 0 Å². The Balaban J connectivity index is 0.000000747. The van der Waals surface area contributed by atoms with Gasteiger partial charge >= 0.3 is 0 Å². The van der Waals surface area contributed by atoms with Gasteiger partial charge in [0.1, 0.15) is 0 Å². The molecular weight excluding hydrogens is 757 g/mol. The zero-order chi connectivity index (χ0) is 46.6. The second kappa shape index (κ2) is 30.8. The monoisotopic (exact) mass is 841 g/mol. The molecular formula is C63H84. The second-order valence-corrected chi connectivity index (χ2v) is 16.0. The van der Waals surface area contributed by atoms with Crippen molar-refractivity contribution in [3.05, 3.63) is 166 Å². The van der Waals surface area contributed by atoms with Crippen LogP contribution in [0.15, 0.2) is 133 Å². The van der Waals surface area contributed by atoms with Crippen LogP contribution in [0.2, 0.25) is 0 Å². The summed E-state index contributed by atoms with van der Waals surface area (Å²) in [6, 6.07) is 30.8. The third kappa shape index (κ3) is 15.2. The molecule has 0 aliphatic heterocycles. The zero-order valence-corrected chi connectivity index (χ0v) is 42.1. The van der Waals surface area contributed by atoms with Crippen LogP contribution in [0, 0.1) is 11.8 Å². The van der Waals surface area contributed by atoms with Gasteiger partial charge in [0, 0.05) is 0 Å². The maximum absolute atomic E-state index is 2.50. The molecule has 0 saturated heterocycles. The fourth-order valence-electron chi connectivity index (χ4n) is 7.54. The molecule has 5 aromatic carbocycles. The van der Waals surface area contributed by atoms with Crippen molar-refractivity contribution >= 4 is 57.5 Å². The Morgan fingerprint density at radius 1 is 0.603 bits per heavy atom. The second-order valence-electron chi connectivity index (χ2n) is 16.0. The Morgan fingerprint density at radius 3 is 1.57 bits per heavy atom. The molecule has 0 fully saturated rings. The first-order valence-corrected chi connectivity index (χ1v) is 24.7. The van der Waals surface area contributed by atoms with Crippen molar-refractivity contribution in [2.75, 3.05) is 0 Å². The van der Waals surface area contributed by atoms with Crippen molar-refractivity contribution in [3.63, 3.8) is 0 Å². The standard InChI is InChI=1S/C47H42.C6H14.2C3H8.2C2H6/c1-4-16-34(5-2)27-31-42-38-21-12-13-22-39(38)43(32-28-35-17-8-6-9-18-35)47-45(37-29-25-33(3)26-30-37)41-24-15-14-23-40(41)44(46(42)47)36-19-10-7-11-20-36;1-4-6(3)5-2;2*1-3-2;2*1-2/h4-13,16-25,27-33H,14-15,26H2,1-3H3;6H,4-5H2,1-3H3;2*3H2,1-2H3;2*1-2H3/b16-4-,31-27+,32-28+,34-5+;;;;;. The summed E-state index contributed by atoms with van der Waals surface area (Å²) in [6.07, 6.45) is 36.4. The van der Waals surface area contributed by atoms with Gasteiger partial charge in [0.05, 0.1) is 0 Å². The number of allylic oxidation sites excluding steroid dienone is 9. The molecule has 63 heavy (non-hydrogen) atoms. The highest BCUT2D eigenvalue weighted by Gasteiger charge is 2.23. The van der Waals surface area contributed by atoms with Gasteiger partial charge in [-0.1, -0.05) is 267 Å². The maximum Gasteiger partial charge on any atom is -0.000776 e. The van der Waals surface area contributed by atoms with Crippen LogP contribution in [0.3, 0.4) is 0 Å². The summed E-state index contributed by atoms with van der Waals surface area (Å²) in [6.45, 7) is 29.7. The molecule has 336 valence electrons. The van der Waals surface area contributed by atoms with E-state index in [2.05, 4.69) is 227 Å². The SMILES string of the molecule is CC.CC.CCC.CCC.CCC(C)CC.C\C=C/C(/C=C/c1c2ccccc2c(/C=C/c2ccccc2)c2c(C3=CCC(C)C=C3)c3c(c(-c4ccccc4)c12)=CCCC=3)=C\C. The van der Waals surface area contributed by atoms with Crippen LogP contribution in [0.5, 0.6) is 0 Å². The van der Waals surface area contributed by atoms with Gasteiger partial charge in [0.15, 0.2) is 0 Å². The van der Waals surface area contributed by atoms with Crippen LogP contribution < -0.4 is 10.4 Å². The highest BCUT2D eigenvalue weighted by atomic mass is 14.3. The summed E-state index contributed by atoms with van der Waals surface area (Å²) in [5, 5.41) is 7.93. The quantitative estimate of drug-likeness (QED) is 0.0788. The topological polar surface area (TPSA) is 0 Å². The largest absolute Gasteiger partial charge is 0.0871 e. The van der Waals surface area contributed by atoms with Gasteiger partial charge < -0.3 is 0 Å². The van der Waals surface area contributed by atoms with Crippen molar-refractivity contribution < 1.29 is 0 Å². The van der Waals surface area contributed by atoms with E-state index in [0.717, 1.165) is 25.2 Å². The Kier molecular flexibility index (Phi) is 26.4. The predicted octanol–water partition coefficient (Wildman–Crippen LogP) is 19.0. The Bertz CT molecular complexity index is 2380. The zero-order valence-electron chi connectivity index (χ0n) is 42.1. The first-order chi connectivity index (χ1) is 30.8. The summed E-state index contributed by atoms with van der Waals surface area (Å²) in [5.41, 5.74) is 10.2. The molecule has 1 unspecified atom stereocenters. The van der Waals surface area contributed by atoms with Crippen LogP contribution >= 0.6 is 0 Å². The minimum Gasteiger partial charge on any atom is -0.0871 e. The highest BCUT2D eigenvalue weighted by Crippen LogP contribution is 2.42. The third-order valence-electron chi connectivity index (χ3n) is 10.9. The average Bonchev–Trinajstić information content (AvgIpc) is 3.34. The Hall–Kier alpha value is -5.20. The van der Waals surface area contributed by atoms with Gasteiger partial charge in [-0.25, -0.2) is 0 Å². The molecule has 0 N–H and O–H groups in total. The van der Waals surface area contributed by atoms with Crippen LogP contribution in [0.1, 0.15) is 164 Å². The molecule has 0 nitrogen and oxygen atoms in total. The lowest BCUT2D eigenvalue weighted by Gasteiger charge is -2.24. The first kappa shape index (κ1) is 53.9. The van der Waals surface area contributed by atoms with Crippen LogP contribution in [-0.2, 0) is 0 Å². The minimum atomic E-state index is 0.544. The van der Waals surface area contributed by atoms with Crippen molar-refractivity contribution in [2.45, 2.75) is 142 Å². The van der Waals surface area contributed by atoms with Gasteiger partial charge in [-0.3, -0.25) is 0 Å². The molecule has 0 heteroatoms. The fourth-order valence-corrected chi connectivity index (χ4v) is 7.54. The number of hydrogen-bond acceptors (Lipinski definition) is 0. The molecule has 2 aliphatic carbocycles. The summed E-state index contributed by atoms with van der Waals surface area (Å²) in [4.78, 5) is 0. The smallest absolute Gasteiger partial charge is 0.000776 e. The Labute approximate surface area is 386 Å². The summed E-state index contributed by atoms with van der Waals surface area (Å²) >= 11 is 0. The van der Waals surface area contributed by atoms with E-state index < -0.39 is 0 Å². The third-order valence-corrected chi connectivity index (χ3v) is 10.9. The lowest BCUT2D eigenvalue weighted by molar-refractivity contribution is 0.544. The van der Waals surface area contributed by atoms with Gasteiger partial charge in [0.25, 0.3) is 0 Å². The molecule has 0 aromatic heterocycles. The summed E-state index contributed by atoms with van der Waals surface area (Å²) < 4.78 is 0. The predicted molar refractivity (Wildman–Crippen MR) is 293 cm³/mol. The van der Waals surface area contributed by atoms with E-state index in [1.807, 2.05) is 27.7 Å². The van der Waals surface area contributed by atoms with Crippen LogP contribution in [0.4, 0.5) is 0 Å². The van der Waals surface area contributed by atoms with Gasteiger partial charge in [-0.15, -0.1) is 0 Å². The van der Waals surface area contributed by atoms with E-state index >= 15 is 0 Å². The lowest BCUT2D eigenvalue weighted by atomic mass is 9.79. The Morgan fingerprint density at radius 2 is 1.10 bits per heavy atom. The van der Waals surface area contributed by atoms with Crippen molar-refractivity contribution in [2.24, 2.45) is 11.8 Å². The molecule has 7 rings (SSSR count). The fraction of sp³-hybridized carbons (Fsp3) is 0.365. The van der Waals surface area contributed by atoms with Crippen molar-refractivity contribution in [3.8, 4) is 11.1 Å². The van der Waals surface area contributed by atoms with Crippen LogP contribution in [-0.4, -0.2) is 0 Å². The number of fused-ring (bicyclic) bond motifs is 3. The lowest BCUT2D eigenvalue weighted by Crippen LogP contribution is -2.33. The molecule has 0 radical (unpaired) electrons. The van der Waals surface area contributed by atoms with E-state index in [-0.39, 0.29) is 0 Å². The molecule has 0 bridgehead atoms. The molecule has 0 spiro atoms. The van der Waals surface area contributed by atoms with Gasteiger partial charge in [-0.05, 0) is 121 Å². The molecule has 0 heterocycles. The minimum absolute atomic E-state index is 0.544. The summed E-state index contributed by atoms with van der Waals surface area (Å²) in [5.74, 6) is 1.48. The van der Waals surface area contributed by atoms with E-state index in [1.165, 1.54) is 102 Å². The number of rotatable bonds is 9. The molecule has 0 saturated carbocycles. The summed E-state index contributed by atoms with van der Waals surface area (Å²) in [7, 11) is 0. The van der Waals surface area contributed by atoms with E-state index in [1.54, 1.807) is 0 Å². The van der Waals surface area contributed by atoms with Crippen molar-refractivity contribution in [1.82, 2.24) is 0 Å². The molecule has 1 atom stereocenters. The normalized spacial score (nSPS) is 14.1. The van der Waals surface area contributed by atoms with E-state index in [0.29, 0.717) is 5.92 Å². The highest BCUT2D eigenvalue weighted by molar-refractivity contribution is 6.21. The molecule has 0 amide bonds. The van der Waals surface area contributed by atoms with E-state index in [9.17, 15) is 0 Å². The average molecular weight is 841 g/mol. The maximum atomic E-state index is 2.50. The molecule has 2 aliphatic rings. The first-order valence-electron chi connectivity index (χ1n) is 24.7. The molecule has 5 aromatic rings. The van der Waals surface area contributed by atoms with Crippen LogP contribution in [0.25, 0.3) is 68.6 Å². The number of hydrogen-bond donors (Lipinski definition) is 0. The van der Waals surface area contributed by atoms with Gasteiger partial charge in [-0.2, -0.15) is 0 Å². The number of benzene rings is 5. The van der Waals surface area contributed by atoms with E-state index in [4.69, 9.17) is 0 Å². The van der Waals surface area contributed by atoms with Crippen molar-refractivity contribution in [1.29, 1.82) is 0 Å².